The van der Waals surface area contributed by atoms with E-state index in [4.69, 9.17) is 5.73 Å². The van der Waals surface area contributed by atoms with Crippen LogP contribution in [0.2, 0.25) is 0 Å². The molecule has 3 nitrogen and oxygen atoms in total. The Kier molecular flexibility index (Phi) is 4.88. The Hall–Kier alpha value is -0.570. The number of rotatable bonds is 3. The third kappa shape index (κ3) is 3.71. The number of nitrogens with two attached hydrogens (primary N) is 1. The second-order valence-electron chi connectivity index (χ2n) is 7.15. The fourth-order valence-corrected chi connectivity index (χ4v) is 3.78. The van der Waals surface area contributed by atoms with E-state index in [2.05, 4.69) is 19.2 Å². The molecule has 2 rings (SSSR count). The number of carbonyl (C=O) groups excluding carboxylic acids is 1. The van der Waals surface area contributed by atoms with Crippen LogP contribution in [0.25, 0.3) is 0 Å². The Morgan fingerprint density at radius 3 is 2.58 bits per heavy atom. The quantitative estimate of drug-likeness (QED) is 0.825. The second-order valence-corrected chi connectivity index (χ2v) is 7.15. The first-order valence-corrected chi connectivity index (χ1v) is 8.05. The maximum atomic E-state index is 12.4. The summed E-state index contributed by atoms with van der Waals surface area (Å²) in [6, 6.07) is 0.203. The predicted molar refractivity (Wildman–Crippen MR) is 78.7 cm³/mol. The van der Waals surface area contributed by atoms with Gasteiger partial charge >= 0.3 is 0 Å². The van der Waals surface area contributed by atoms with E-state index < -0.39 is 0 Å². The van der Waals surface area contributed by atoms with Crippen LogP contribution in [0, 0.1) is 17.3 Å². The van der Waals surface area contributed by atoms with Gasteiger partial charge in [-0.05, 0) is 37.0 Å². The molecule has 110 valence electrons. The topological polar surface area (TPSA) is 55.1 Å². The van der Waals surface area contributed by atoms with Crippen LogP contribution >= 0.6 is 0 Å². The van der Waals surface area contributed by atoms with Gasteiger partial charge in [0.2, 0.25) is 5.91 Å². The van der Waals surface area contributed by atoms with Crippen LogP contribution < -0.4 is 11.1 Å². The number of hydrogen-bond acceptors (Lipinski definition) is 2. The van der Waals surface area contributed by atoms with E-state index in [1.807, 2.05) is 0 Å². The molecular formula is C16H30N2O. The standard InChI is InChI=1S/C16H30N2O/c1-12-13(7-6-8-14(12)17)15(19)18-11-16(2)9-4-3-5-10-16/h12-14H,3-11,17H2,1-2H3,(H,18,19). The largest absolute Gasteiger partial charge is 0.355 e. The average Bonchev–Trinajstić information content (AvgIpc) is 2.40. The van der Waals surface area contributed by atoms with Gasteiger partial charge in [0.25, 0.3) is 0 Å². The van der Waals surface area contributed by atoms with Gasteiger partial charge in [-0.1, -0.05) is 39.5 Å². The maximum Gasteiger partial charge on any atom is 0.223 e. The van der Waals surface area contributed by atoms with E-state index in [1.165, 1.54) is 32.1 Å². The lowest BCUT2D eigenvalue weighted by Crippen LogP contribution is -2.46. The molecule has 3 heteroatoms. The molecule has 0 heterocycles. The molecule has 0 aromatic rings. The van der Waals surface area contributed by atoms with Crippen LogP contribution in [0.1, 0.15) is 65.2 Å². The van der Waals surface area contributed by atoms with Crippen molar-refractivity contribution in [3.63, 3.8) is 0 Å². The van der Waals surface area contributed by atoms with Crippen molar-refractivity contribution in [2.75, 3.05) is 6.54 Å². The van der Waals surface area contributed by atoms with Crippen LogP contribution in [0.5, 0.6) is 0 Å². The Labute approximate surface area is 117 Å². The highest BCUT2D eigenvalue weighted by atomic mass is 16.1. The fraction of sp³-hybridized carbons (Fsp3) is 0.938. The molecule has 0 saturated heterocycles. The molecule has 2 aliphatic carbocycles. The Bertz CT molecular complexity index is 310. The van der Waals surface area contributed by atoms with Crippen molar-refractivity contribution >= 4 is 5.91 Å². The summed E-state index contributed by atoms with van der Waals surface area (Å²) < 4.78 is 0. The van der Waals surface area contributed by atoms with Crippen molar-refractivity contribution in [3.8, 4) is 0 Å². The van der Waals surface area contributed by atoms with Gasteiger partial charge in [-0.15, -0.1) is 0 Å². The molecule has 2 fully saturated rings. The van der Waals surface area contributed by atoms with E-state index in [9.17, 15) is 4.79 Å². The van der Waals surface area contributed by atoms with Crippen LogP contribution in [0.4, 0.5) is 0 Å². The first-order chi connectivity index (χ1) is 9.02. The normalized spacial score (nSPS) is 34.8. The lowest BCUT2D eigenvalue weighted by atomic mass is 9.74. The first-order valence-electron chi connectivity index (χ1n) is 8.05. The van der Waals surface area contributed by atoms with Crippen LogP contribution in [-0.4, -0.2) is 18.5 Å². The van der Waals surface area contributed by atoms with Gasteiger partial charge < -0.3 is 11.1 Å². The molecule has 3 N–H and O–H groups in total. The molecule has 19 heavy (non-hydrogen) atoms. The van der Waals surface area contributed by atoms with Gasteiger partial charge in [-0.25, -0.2) is 0 Å². The molecule has 0 radical (unpaired) electrons. The van der Waals surface area contributed by atoms with Gasteiger partial charge in [-0.3, -0.25) is 4.79 Å². The van der Waals surface area contributed by atoms with Gasteiger partial charge in [0, 0.05) is 18.5 Å². The zero-order chi connectivity index (χ0) is 13.9. The molecule has 3 unspecified atom stereocenters. The number of amides is 1. The highest BCUT2D eigenvalue weighted by molar-refractivity contribution is 5.79. The van der Waals surface area contributed by atoms with Crippen molar-refractivity contribution in [2.45, 2.75) is 71.3 Å². The van der Waals surface area contributed by atoms with Gasteiger partial charge in [0.1, 0.15) is 0 Å². The smallest absolute Gasteiger partial charge is 0.223 e. The summed E-state index contributed by atoms with van der Waals surface area (Å²) in [6.45, 7) is 5.31. The lowest BCUT2D eigenvalue weighted by Gasteiger charge is -2.36. The predicted octanol–water partition coefficient (Wildman–Crippen LogP) is 2.84. The second kappa shape index (κ2) is 6.25. The summed E-state index contributed by atoms with van der Waals surface area (Å²) in [7, 11) is 0. The molecule has 0 spiro atoms. The summed E-state index contributed by atoms with van der Waals surface area (Å²) in [5.41, 5.74) is 6.42. The highest BCUT2D eigenvalue weighted by Gasteiger charge is 2.34. The third-order valence-electron chi connectivity index (χ3n) is 5.45. The minimum absolute atomic E-state index is 0.135. The van der Waals surface area contributed by atoms with Crippen LogP contribution in [-0.2, 0) is 4.79 Å². The van der Waals surface area contributed by atoms with Gasteiger partial charge in [0.05, 0.1) is 0 Å². The summed E-state index contributed by atoms with van der Waals surface area (Å²) in [6.07, 6.45) is 9.69. The van der Waals surface area contributed by atoms with Crippen molar-refractivity contribution in [3.05, 3.63) is 0 Å². The van der Waals surface area contributed by atoms with E-state index in [-0.39, 0.29) is 17.9 Å². The van der Waals surface area contributed by atoms with Gasteiger partial charge in [0.15, 0.2) is 0 Å². The van der Waals surface area contributed by atoms with Crippen LogP contribution in [0.3, 0.4) is 0 Å². The van der Waals surface area contributed by atoms with Crippen molar-refractivity contribution in [1.82, 2.24) is 5.32 Å². The molecule has 1 amide bonds. The van der Waals surface area contributed by atoms with Crippen LogP contribution in [0.15, 0.2) is 0 Å². The Morgan fingerprint density at radius 2 is 1.89 bits per heavy atom. The summed E-state index contributed by atoms with van der Waals surface area (Å²) in [4.78, 5) is 12.4. The first kappa shape index (κ1) is 14.8. The molecule has 0 aromatic carbocycles. The summed E-state index contributed by atoms with van der Waals surface area (Å²) >= 11 is 0. The summed E-state index contributed by atoms with van der Waals surface area (Å²) in [5.74, 6) is 0.707. The maximum absolute atomic E-state index is 12.4. The third-order valence-corrected chi connectivity index (χ3v) is 5.45. The fourth-order valence-electron chi connectivity index (χ4n) is 3.78. The number of nitrogens with one attached hydrogen (secondary N) is 1. The highest BCUT2D eigenvalue weighted by Crippen LogP contribution is 2.35. The molecule has 2 aliphatic rings. The number of hydrogen-bond donors (Lipinski definition) is 2. The lowest BCUT2D eigenvalue weighted by molar-refractivity contribution is -0.128. The average molecular weight is 266 g/mol. The monoisotopic (exact) mass is 266 g/mol. The van der Waals surface area contributed by atoms with Crippen molar-refractivity contribution in [1.29, 1.82) is 0 Å². The number of carbonyl (C=O) groups is 1. The van der Waals surface area contributed by atoms with Crippen molar-refractivity contribution < 1.29 is 4.79 Å². The zero-order valence-electron chi connectivity index (χ0n) is 12.6. The molecular weight excluding hydrogens is 236 g/mol. The zero-order valence-corrected chi connectivity index (χ0v) is 12.6. The van der Waals surface area contributed by atoms with Gasteiger partial charge in [-0.2, -0.15) is 0 Å². The molecule has 3 atom stereocenters. The molecule has 0 aromatic heterocycles. The van der Waals surface area contributed by atoms with E-state index in [1.54, 1.807) is 0 Å². The molecule has 0 bridgehead atoms. The SMILES string of the molecule is CC1C(N)CCCC1C(=O)NCC1(C)CCCCC1. The molecule has 2 saturated carbocycles. The van der Waals surface area contributed by atoms with E-state index >= 15 is 0 Å². The minimum atomic E-state index is 0.135. The van der Waals surface area contributed by atoms with E-state index in [0.717, 1.165) is 25.8 Å². The Morgan fingerprint density at radius 1 is 1.21 bits per heavy atom. The molecule has 0 aliphatic heterocycles. The van der Waals surface area contributed by atoms with E-state index in [0.29, 0.717) is 11.3 Å². The summed E-state index contributed by atoms with van der Waals surface area (Å²) in [5, 5.41) is 3.22. The van der Waals surface area contributed by atoms with Crippen molar-refractivity contribution in [2.24, 2.45) is 23.0 Å². The Balaban J connectivity index is 1.83. The minimum Gasteiger partial charge on any atom is -0.355 e.